The zero-order chi connectivity index (χ0) is 8.39. The maximum atomic E-state index is 11.4. The Morgan fingerprint density at radius 2 is 2.00 bits per heavy atom. The molecular weight excluding hydrogens is 170 g/mol. The fraction of sp³-hybridized carbons (Fsp3) is 0.889. The molecule has 0 N–H and O–H groups in total. The zero-order valence-electron chi connectivity index (χ0n) is 7.29. The summed E-state index contributed by atoms with van der Waals surface area (Å²) in [7, 11) is 0. The molecule has 1 aliphatic heterocycles. The fourth-order valence-corrected chi connectivity index (χ4v) is 3.07. The van der Waals surface area contributed by atoms with Crippen molar-refractivity contribution in [1.29, 1.82) is 0 Å². The summed E-state index contributed by atoms with van der Waals surface area (Å²) in [5.41, 5.74) is 0. The van der Waals surface area contributed by atoms with Crippen molar-refractivity contribution in [2.75, 3.05) is 11.6 Å². The normalized spacial score (nSPS) is 26.7. The van der Waals surface area contributed by atoms with Crippen LogP contribution in [0, 0.1) is 0 Å². The summed E-state index contributed by atoms with van der Waals surface area (Å²) >= 11 is 1.76. The monoisotopic (exact) mass is 185 g/mol. The first-order valence-electron chi connectivity index (χ1n) is 4.75. The molecule has 0 radical (unpaired) electrons. The van der Waals surface area contributed by atoms with Gasteiger partial charge in [-0.3, -0.25) is 4.79 Å². The highest BCUT2D eigenvalue weighted by molar-refractivity contribution is 8.00. The summed E-state index contributed by atoms with van der Waals surface area (Å²) in [6.07, 6.45) is 6.49. The quantitative estimate of drug-likeness (QED) is 0.621. The molecule has 2 nitrogen and oxygen atoms in total. The molecule has 1 saturated heterocycles. The molecule has 0 bridgehead atoms. The number of hydrogen-bond donors (Lipinski definition) is 0. The zero-order valence-corrected chi connectivity index (χ0v) is 8.11. The van der Waals surface area contributed by atoms with Crippen LogP contribution in [-0.2, 0) is 4.79 Å². The van der Waals surface area contributed by atoms with Crippen LogP contribution in [0.25, 0.3) is 0 Å². The molecule has 12 heavy (non-hydrogen) atoms. The predicted molar refractivity (Wildman–Crippen MR) is 51.0 cm³/mol. The van der Waals surface area contributed by atoms with Gasteiger partial charge in [-0.05, 0) is 12.8 Å². The lowest BCUT2D eigenvalue weighted by Crippen LogP contribution is -2.37. The minimum Gasteiger partial charge on any atom is -0.330 e. The Labute approximate surface area is 77.7 Å². The molecule has 1 amide bonds. The lowest BCUT2D eigenvalue weighted by Gasteiger charge is -2.30. The lowest BCUT2D eigenvalue weighted by molar-refractivity contribution is -0.129. The van der Waals surface area contributed by atoms with E-state index in [0.717, 1.165) is 11.6 Å². The first-order valence-corrected chi connectivity index (χ1v) is 5.90. The van der Waals surface area contributed by atoms with Crippen molar-refractivity contribution in [1.82, 2.24) is 4.90 Å². The molecule has 0 aromatic carbocycles. The Kier molecular flexibility index (Phi) is 2.59. The van der Waals surface area contributed by atoms with Crippen LogP contribution in [0.15, 0.2) is 0 Å². The molecule has 0 aromatic rings. The fourth-order valence-electron chi connectivity index (χ4n) is 2.09. The van der Waals surface area contributed by atoms with Gasteiger partial charge in [0.25, 0.3) is 0 Å². The van der Waals surface area contributed by atoms with E-state index in [1.807, 2.05) is 0 Å². The van der Waals surface area contributed by atoms with E-state index in [1.165, 1.54) is 32.1 Å². The van der Waals surface area contributed by atoms with Gasteiger partial charge in [0.2, 0.25) is 5.91 Å². The molecule has 2 rings (SSSR count). The third-order valence-corrected chi connectivity index (χ3v) is 3.70. The van der Waals surface area contributed by atoms with Gasteiger partial charge in [0, 0.05) is 6.04 Å². The van der Waals surface area contributed by atoms with Crippen molar-refractivity contribution >= 4 is 17.7 Å². The number of nitrogens with zero attached hydrogens (tertiary/aromatic N) is 1. The summed E-state index contributed by atoms with van der Waals surface area (Å²) in [6, 6.07) is 0.584. The Morgan fingerprint density at radius 1 is 1.25 bits per heavy atom. The van der Waals surface area contributed by atoms with E-state index in [0.29, 0.717) is 11.9 Å². The molecule has 2 aliphatic rings. The first kappa shape index (κ1) is 8.42. The number of hydrogen-bond acceptors (Lipinski definition) is 2. The molecule has 1 heterocycles. The average molecular weight is 185 g/mol. The second-order valence-electron chi connectivity index (χ2n) is 3.63. The number of rotatable bonds is 1. The summed E-state index contributed by atoms with van der Waals surface area (Å²) in [5, 5.41) is 0. The molecule has 1 saturated carbocycles. The minimum absolute atomic E-state index is 0.368. The topological polar surface area (TPSA) is 20.3 Å². The van der Waals surface area contributed by atoms with E-state index in [4.69, 9.17) is 0 Å². The second kappa shape index (κ2) is 3.69. The van der Waals surface area contributed by atoms with Crippen LogP contribution in [0.2, 0.25) is 0 Å². The highest BCUT2D eigenvalue weighted by Gasteiger charge is 2.28. The van der Waals surface area contributed by atoms with Crippen LogP contribution < -0.4 is 0 Å². The summed E-state index contributed by atoms with van der Waals surface area (Å²) in [5.74, 6) is 2.03. The van der Waals surface area contributed by atoms with Crippen LogP contribution in [0.3, 0.4) is 0 Å². The van der Waals surface area contributed by atoms with E-state index in [9.17, 15) is 4.79 Å². The standard InChI is InChI=1S/C9H15NOS/c11-9-6-12-7-10(9)8-4-2-1-3-5-8/h8H,1-7H2. The third kappa shape index (κ3) is 1.60. The van der Waals surface area contributed by atoms with Crippen molar-refractivity contribution in [2.45, 2.75) is 38.1 Å². The molecule has 3 heteroatoms. The van der Waals surface area contributed by atoms with Gasteiger partial charge < -0.3 is 4.90 Å². The third-order valence-electron chi connectivity index (χ3n) is 2.79. The summed E-state index contributed by atoms with van der Waals surface area (Å²) in [6.45, 7) is 0. The molecule has 1 aliphatic carbocycles. The second-order valence-corrected chi connectivity index (χ2v) is 4.59. The lowest BCUT2D eigenvalue weighted by atomic mass is 9.94. The van der Waals surface area contributed by atoms with E-state index in [2.05, 4.69) is 4.90 Å². The molecule has 0 unspecified atom stereocenters. The van der Waals surface area contributed by atoms with Gasteiger partial charge in [0.15, 0.2) is 0 Å². The number of thioether (sulfide) groups is 1. The summed E-state index contributed by atoms with van der Waals surface area (Å²) in [4.78, 5) is 13.5. The molecule has 0 aromatic heterocycles. The van der Waals surface area contributed by atoms with E-state index >= 15 is 0 Å². The SMILES string of the molecule is O=C1CSCN1C1CCCCC1. The smallest absolute Gasteiger partial charge is 0.233 e. The Morgan fingerprint density at radius 3 is 2.58 bits per heavy atom. The maximum absolute atomic E-state index is 11.4. The molecular formula is C9H15NOS. The van der Waals surface area contributed by atoms with Gasteiger partial charge in [-0.2, -0.15) is 0 Å². The molecule has 0 atom stereocenters. The van der Waals surface area contributed by atoms with Gasteiger partial charge in [-0.1, -0.05) is 19.3 Å². The first-order chi connectivity index (χ1) is 5.88. The van der Waals surface area contributed by atoms with E-state index in [-0.39, 0.29) is 0 Å². The highest BCUT2D eigenvalue weighted by atomic mass is 32.2. The molecule has 2 fully saturated rings. The predicted octanol–water partition coefficient (Wildman–Crippen LogP) is 1.85. The van der Waals surface area contributed by atoms with E-state index < -0.39 is 0 Å². The van der Waals surface area contributed by atoms with Crippen molar-refractivity contribution in [3.63, 3.8) is 0 Å². The van der Waals surface area contributed by atoms with Crippen LogP contribution in [0.5, 0.6) is 0 Å². The average Bonchev–Trinajstić information content (AvgIpc) is 2.53. The molecule has 68 valence electrons. The Balaban J connectivity index is 1.93. The van der Waals surface area contributed by atoms with Crippen molar-refractivity contribution < 1.29 is 4.79 Å². The van der Waals surface area contributed by atoms with Crippen LogP contribution >= 0.6 is 11.8 Å². The summed E-state index contributed by atoms with van der Waals surface area (Å²) < 4.78 is 0. The Bertz CT molecular complexity index is 177. The minimum atomic E-state index is 0.368. The van der Waals surface area contributed by atoms with Crippen LogP contribution in [0.4, 0.5) is 0 Å². The van der Waals surface area contributed by atoms with Crippen molar-refractivity contribution in [2.24, 2.45) is 0 Å². The van der Waals surface area contributed by atoms with Crippen molar-refractivity contribution in [3.8, 4) is 0 Å². The van der Waals surface area contributed by atoms with E-state index in [1.54, 1.807) is 11.8 Å². The number of amides is 1. The van der Waals surface area contributed by atoms with Crippen LogP contribution in [0.1, 0.15) is 32.1 Å². The van der Waals surface area contributed by atoms with Crippen molar-refractivity contribution in [3.05, 3.63) is 0 Å². The maximum Gasteiger partial charge on any atom is 0.233 e. The number of carbonyl (C=O) groups excluding carboxylic acids is 1. The van der Waals surface area contributed by atoms with Crippen LogP contribution in [-0.4, -0.2) is 28.5 Å². The molecule has 0 spiro atoms. The Hall–Kier alpha value is -0.180. The van der Waals surface area contributed by atoms with Gasteiger partial charge in [-0.25, -0.2) is 0 Å². The highest BCUT2D eigenvalue weighted by Crippen LogP contribution is 2.27. The largest absolute Gasteiger partial charge is 0.330 e. The van der Waals surface area contributed by atoms with Gasteiger partial charge in [0.1, 0.15) is 0 Å². The number of carbonyl (C=O) groups is 1. The van der Waals surface area contributed by atoms with Gasteiger partial charge in [0.05, 0.1) is 11.6 Å². The van der Waals surface area contributed by atoms with Gasteiger partial charge >= 0.3 is 0 Å². The van der Waals surface area contributed by atoms with Gasteiger partial charge in [-0.15, -0.1) is 11.8 Å².